The Labute approximate surface area is 188 Å². The third-order valence-corrected chi connectivity index (χ3v) is 5.95. The van der Waals surface area contributed by atoms with Crippen LogP contribution in [-0.4, -0.2) is 35.7 Å². The van der Waals surface area contributed by atoms with Crippen molar-refractivity contribution in [2.24, 2.45) is 0 Å². The van der Waals surface area contributed by atoms with E-state index in [1.165, 1.54) is 12.0 Å². The Morgan fingerprint density at radius 2 is 1.97 bits per heavy atom. The van der Waals surface area contributed by atoms with E-state index in [1.807, 2.05) is 24.3 Å². The summed E-state index contributed by atoms with van der Waals surface area (Å²) < 4.78 is 11.4. The summed E-state index contributed by atoms with van der Waals surface area (Å²) in [5.74, 6) is -0.350. The number of nitrogens with zero attached hydrogens (tertiary/aromatic N) is 1. The van der Waals surface area contributed by atoms with Gasteiger partial charge >= 0.3 is 5.97 Å². The van der Waals surface area contributed by atoms with Gasteiger partial charge in [0.15, 0.2) is 6.61 Å². The van der Waals surface area contributed by atoms with E-state index in [4.69, 9.17) is 4.74 Å². The molecule has 0 bridgehead atoms. The zero-order valence-corrected chi connectivity index (χ0v) is 19.2. The fourth-order valence-electron chi connectivity index (χ4n) is 2.53. The van der Waals surface area contributed by atoms with Crippen molar-refractivity contribution in [3.8, 4) is 5.75 Å². The maximum absolute atomic E-state index is 12.7. The topological polar surface area (TPSA) is 72.9 Å². The molecule has 150 valence electrons. The zero-order valence-electron chi connectivity index (χ0n) is 15.2. The van der Waals surface area contributed by atoms with Crippen LogP contribution in [0.25, 0.3) is 6.08 Å². The van der Waals surface area contributed by atoms with E-state index < -0.39 is 5.97 Å². The Balaban J connectivity index is 1.73. The summed E-state index contributed by atoms with van der Waals surface area (Å²) in [4.78, 5) is 37.8. The number of hydrogen-bond donors (Lipinski definition) is 0. The second kappa shape index (κ2) is 9.60. The molecule has 0 unspecified atom stereocenters. The summed E-state index contributed by atoms with van der Waals surface area (Å²) in [7, 11) is 1.29. The summed E-state index contributed by atoms with van der Waals surface area (Å²) >= 11 is 7.67. The first-order valence-corrected chi connectivity index (χ1v) is 10.8. The second-order valence-corrected chi connectivity index (χ2v) is 8.72. The number of esters is 1. The van der Waals surface area contributed by atoms with Crippen LogP contribution < -0.4 is 4.74 Å². The van der Waals surface area contributed by atoms with E-state index in [2.05, 4.69) is 36.6 Å². The first kappa shape index (κ1) is 21.6. The van der Waals surface area contributed by atoms with Crippen molar-refractivity contribution in [1.29, 1.82) is 0 Å². The SMILES string of the molecule is COC(=O)COc1ccc(/C=C2/SC(=O)N(Cc3cccc(Br)c3)C2=O)cc1Br. The van der Waals surface area contributed by atoms with E-state index >= 15 is 0 Å². The number of ether oxygens (including phenoxy) is 2. The molecule has 9 heteroatoms. The van der Waals surface area contributed by atoms with Crippen molar-refractivity contribution >= 4 is 66.8 Å². The van der Waals surface area contributed by atoms with Gasteiger partial charge in [-0.25, -0.2) is 4.79 Å². The maximum atomic E-state index is 12.7. The molecule has 0 radical (unpaired) electrons. The average molecular weight is 541 g/mol. The number of rotatable bonds is 6. The molecule has 1 aliphatic rings. The van der Waals surface area contributed by atoms with Crippen LogP contribution in [-0.2, 0) is 20.9 Å². The lowest BCUT2D eigenvalue weighted by Crippen LogP contribution is -2.27. The lowest BCUT2D eigenvalue weighted by molar-refractivity contribution is -0.142. The number of benzene rings is 2. The number of carbonyl (C=O) groups is 3. The van der Waals surface area contributed by atoms with E-state index in [9.17, 15) is 14.4 Å². The molecule has 0 aliphatic carbocycles. The highest BCUT2D eigenvalue weighted by molar-refractivity contribution is 9.10. The lowest BCUT2D eigenvalue weighted by atomic mass is 10.2. The maximum Gasteiger partial charge on any atom is 0.343 e. The average Bonchev–Trinajstić information content (AvgIpc) is 2.94. The molecule has 2 aromatic carbocycles. The predicted octanol–water partition coefficient (Wildman–Crippen LogP) is 5.00. The van der Waals surface area contributed by atoms with E-state index in [0.29, 0.717) is 15.1 Å². The molecule has 0 saturated carbocycles. The first-order valence-electron chi connectivity index (χ1n) is 8.36. The summed E-state index contributed by atoms with van der Waals surface area (Å²) in [5, 5.41) is -0.307. The van der Waals surface area contributed by atoms with E-state index in [1.54, 1.807) is 24.3 Å². The Morgan fingerprint density at radius 1 is 1.17 bits per heavy atom. The summed E-state index contributed by atoms with van der Waals surface area (Å²) in [5.41, 5.74) is 1.58. The van der Waals surface area contributed by atoms with Crippen molar-refractivity contribution in [1.82, 2.24) is 4.90 Å². The molecule has 0 atom stereocenters. The Kier molecular flexibility index (Phi) is 7.15. The van der Waals surface area contributed by atoms with Crippen LogP contribution in [0.1, 0.15) is 11.1 Å². The molecule has 0 spiro atoms. The standard InChI is InChI=1S/C20H15Br2NO5S/c1-27-18(24)11-28-16-6-5-12(8-15(16)22)9-17-19(25)23(20(26)29-17)10-13-3-2-4-14(21)7-13/h2-9H,10-11H2,1H3/b17-9+. The fraction of sp³-hybridized carbons (Fsp3) is 0.150. The van der Waals surface area contributed by atoms with Crippen molar-refractivity contribution in [3.63, 3.8) is 0 Å². The smallest absolute Gasteiger partial charge is 0.343 e. The molecule has 3 rings (SSSR count). The van der Waals surface area contributed by atoms with Gasteiger partial charge in [-0.05, 0) is 69.2 Å². The van der Waals surface area contributed by atoms with Gasteiger partial charge in [0.25, 0.3) is 11.1 Å². The largest absolute Gasteiger partial charge is 0.481 e. The van der Waals surface area contributed by atoms with Gasteiger partial charge in [-0.15, -0.1) is 0 Å². The number of imide groups is 1. The molecule has 2 amide bonds. The molecule has 1 aliphatic heterocycles. The number of amides is 2. The van der Waals surface area contributed by atoms with Crippen LogP contribution >= 0.6 is 43.6 Å². The highest BCUT2D eigenvalue weighted by Crippen LogP contribution is 2.35. The number of methoxy groups -OCH3 is 1. The summed E-state index contributed by atoms with van der Waals surface area (Å²) in [6.07, 6.45) is 1.65. The Hall–Kier alpha value is -2.10. The van der Waals surface area contributed by atoms with Gasteiger partial charge in [-0.1, -0.05) is 34.1 Å². The van der Waals surface area contributed by atoms with Crippen LogP contribution in [0.4, 0.5) is 4.79 Å². The third kappa shape index (κ3) is 5.49. The van der Waals surface area contributed by atoms with E-state index in [-0.39, 0.29) is 24.3 Å². The van der Waals surface area contributed by atoms with Gasteiger partial charge in [-0.3, -0.25) is 14.5 Å². The minimum Gasteiger partial charge on any atom is -0.481 e. The highest BCUT2D eigenvalue weighted by atomic mass is 79.9. The molecule has 0 N–H and O–H groups in total. The second-order valence-electron chi connectivity index (χ2n) is 5.95. The van der Waals surface area contributed by atoms with Gasteiger partial charge in [0.2, 0.25) is 0 Å². The predicted molar refractivity (Wildman–Crippen MR) is 117 cm³/mol. The normalized spacial score (nSPS) is 15.1. The van der Waals surface area contributed by atoms with Gasteiger partial charge in [0.1, 0.15) is 5.75 Å². The van der Waals surface area contributed by atoms with Crippen molar-refractivity contribution in [2.45, 2.75) is 6.54 Å². The fourth-order valence-corrected chi connectivity index (χ4v) is 4.32. The quantitative estimate of drug-likeness (QED) is 0.379. The molecule has 1 fully saturated rings. The molecule has 29 heavy (non-hydrogen) atoms. The number of thioether (sulfide) groups is 1. The molecule has 6 nitrogen and oxygen atoms in total. The van der Waals surface area contributed by atoms with Crippen LogP contribution in [0.15, 0.2) is 56.3 Å². The third-order valence-electron chi connectivity index (χ3n) is 3.93. The van der Waals surface area contributed by atoms with Gasteiger partial charge in [0.05, 0.1) is 23.0 Å². The summed E-state index contributed by atoms with van der Waals surface area (Å²) in [6.45, 7) is 0.00832. The molecular weight excluding hydrogens is 526 g/mol. The van der Waals surface area contributed by atoms with Crippen LogP contribution in [0.5, 0.6) is 5.75 Å². The highest BCUT2D eigenvalue weighted by Gasteiger charge is 2.35. The Bertz CT molecular complexity index is 1010. The van der Waals surface area contributed by atoms with Gasteiger partial charge < -0.3 is 9.47 Å². The number of carbonyl (C=O) groups excluding carboxylic acids is 3. The first-order chi connectivity index (χ1) is 13.9. The van der Waals surface area contributed by atoms with Gasteiger partial charge in [0, 0.05) is 4.47 Å². The Morgan fingerprint density at radius 3 is 2.66 bits per heavy atom. The monoisotopic (exact) mass is 539 g/mol. The molecule has 0 aromatic heterocycles. The number of hydrogen-bond acceptors (Lipinski definition) is 6. The van der Waals surface area contributed by atoms with Crippen LogP contribution in [0.3, 0.4) is 0 Å². The van der Waals surface area contributed by atoms with Gasteiger partial charge in [-0.2, -0.15) is 0 Å². The van der Waals surface area contributed by atoms with Crippen LogP contribution in [0, 0.1) is 0 Å². The lowest BCUT2D eigenvalue weighted by Gasteiger charge is -2.12. The van der Waals surface area contributed by atoms with Crippen molar-refractivity contribution < 1.29 is 23.9 Å². The van der Waals surface area contributed by atoms with E-state index in [0.717, 1.165) is 27.4 Å². The minimum absolute atomic E-state index is 0.205. The minimum atomic E-state index is -0.486. The molecule has 1 saturated heterocycles. The van der Waals surface area contributed by atoms with Crippen LogP contribution in [0.2, 0.25) is 0 Å². The molecule has 1 heterocycles. The van der Waals surface area contributed by atoms with Crippen molar-refractivity contribution in [2.75, 3.05) is 13.7 Å². The molecular formula is C20H15Br2NO5S. The molecule has 2 aromatic rings. The number of halogens is 2. The summed E-state index contributed by atoms with van der Waals surface area (Å²) in [6, 6.07) is 12.6. The zero-order chi connectivity index (χ0) is 21.0. The van der Waals surface area contributed by atoms with Crippen molar-refractivity contribution in [3.05, 3.63) is 67.4 Å².